The Morgan fingerprint density at radius 2 is 1.81 bits per heavy atom. The fraction of sp³-hybridized carbons (Fsp3) is 0.190. The molecule has 2 amide bonds. The first-order valence-electron chi connectivity index (χ1n) is 8.68. The minimum absolute atomic E-state index is 0.0376. The van der Waals surface area contributed by atoms with Gasteiger partial charge in [0.25, 0.3) is 0 Å². The van der Waals surface area contributed by atoms with E-state index in [1.807, 2.05) is 54.6 Å². The van der Waals surface area contributed by atoms with Gasteiger partial charge < -0.3 is 10.6 Å². The van der Waals surface area contributed by atoms with Gasteiger partial charge in [-0.05, 0) is 30.0 Å². The molecule has 2 unspecified atom stereocenters. The summed E-state index contributed by atoms with van der Waals surface area (Å²) in [4.78, 5) is 28.8. The van der Waals surface area contributed by atoms with Crippen LogP contribution >= 0.6 is 0 Å². The van der Waals surface area contributed by atoms with Crippen LogP contribution in [0.3, 0.4) is 0 Å². The van der Waals surface area contributed by atoms with Crippen molar-refractivity contribution in [2.24, 2.45) is 5.92 Å². The summed E-state index contributed by atoms with van der Waals surface area (Å²) in [7, 11) is 0. The van der Waals surface area contributed by atoms with E-state index >= 15 is 0 Å². The molecule has 0 aliphatic heterocycles. The number of nitrogens with one attached hydrogen (secondary N) is 2. The largest absolute Gasteiger partial charge is 0.347 e. The van der Waals surface area contributed by atoms with Crippen molar-refractivity contribution in [1.82, 2.24) is 10.3 Å². The molecule has 1 aliphatic carbocycles. The van der Waals surface area contributed by atoms with Crippen molar-refractivity contribution in [2.75, 3.05) is 11.9 Å². The Balaban J connectivity index is 1.32. The average molecular weight is 345 g/mol. The first-order valence-corrected chi connectivity index (χ1v) is 8.68. The van der Waals surface area contributed by atoms with E-state index in [4.69, 9.17) is 0 Å². The summed E-state index contributed by atoms with van der Waals surface area (Å²) in [5.41, 5.74) is 2.57. The molecule has 1 aliphatic rings. The minimum Gasteiger partial charge on any atom is -0.347 e. The molecular weight excluding hydrogens is 326 g/mol. The Kier molecular flexibility index (Phi) is 4.35. The molecule has 2 aromatic carbocycles. The van der Waals surface area contributed by atoms with Crippen LogP contribution in [0.15, 0.2) is 66.9 Å². The molecule has 1 saturated carbocycles. The summed E-state index contributed by atoms with van der Waals surface area (Å²) >= 11 is 0. The molecule has 1 fully saturated rings. The average Bonchev–Trinajstić information content (AvgIpc) is 3.48. The first-order chi connectivity index (χ1) is 12.7. The van der Waals surface area contributed by atoms with Crippen LogP contribution in [-0.4, -0.2) is 23.3 Å². The van der Waals surface area contributed by atoms with Crippen LogP contribution in [0.25, 0.3) is 10.9 Å². The van der Waals surface area contributed by atoms with E-state index in [1.165, 1.54) is 5.56 Å². The van der Waals surface area contributed by atoms with Crippen molar-refractivity contribution in [1.29, 1.82) is 0 Å². The predicted molar refractivity (Wildman–Crippen MR) is 101 cm³/mol. The molecule has 5 nitrogen and oxygen atoms in total. The number of para-hydroxylation sites is 1. The number of nitrogens with zero attached hydrogens (tertiary/aromatic N) is 1. The van der Waals surface area contributed by atoms with E-state index < -0.39 is 0 Å². The van der Waals surface area contributed by atoms with Gasteiger partial charge in [-0.1, -0.05) is 48.5 Å². The van der Waals surface area contributed by atoms with Crippen LogP contribution in [0.1, 0.15) is 17.9 Å². The SMILES string of the molecule is O=C(CNC(=O)C1CC1c1ccccc1)Nc1cccc2cccnc12. The molecule has 1 aromatic heterocycles. The van der Waals surface area contributed by atoms with Crippen molar-refractivity contribution in [3.05, 3.63) is 72.4 Å². The lowest BCUT2D eigenvalue weighted by Gasteiger charge is -2.09. The maximum atomic E-state index is 12.3. The van der Waals surface area contributed by atoms with Crippen molar-refractivity contribution in [3.8, 4) is 0 Å². The fourth-order valence-electron chi connectivity index (χ4n) is 3.25. The second kappa shape index (κ2) is 6.96. The maximum Gasteiger partial charge on any atom is 0.243 e. The highest BCUT2D eigenvalue weighted by Gasteiger charge is 2.43. The van der Waals surface area contributed by atoms with Crippen LogP contribution < -0.4 is 10.6 Å². The highest BCUT2D eigenvalue weighted by Crippen LogP contribution is 2.47. The van der Waals surface area contributed by atoms with Gasteiger partial charge in [0.2, 0.25) is 11.8 Å². The molecule has 1 heterocycles. The lowest BCUT2D eigenvalue weighted by atomic mass is 10.1. The molecule has 3 aromatic rings. The monoisotopic (exact) mass is 345 g/mol. The summed E-state index contributed by atoms with van der Waals surface area (Å²) in [5.74, 6) is -0.0931. The molecule has 0 radical (unpaired) electrons. The van der Waals surface area contributed by atoms with Gasteiger partial charge >= 0.3 is 0 Å². The number of aromatic nitrogens is 1. The lowest BCUT2D eigenvalue weighted by molar-refractivity contribution is -0.125. The zero-order valence-corrected chi connectivity index (χ0v) is 14.2. The second-order valence-corrected chi connectivity index (χ2v) is 6.51. The second-order valence-electron chi connectivity index (χ2n) is 6.51. The van der Waals surface area contributed by atoms with Gasteiger partial charge in [-0.3, -0.25) is 14.6 Å². The van der Waals surface area contributed by atoms with Crippen LogP contribution in [0.2, 0.25) is 0 Å². The number of benzene rings is 2. The Morgan fingerprint density at radius 3 is 2.65 bits per heavy atom. The van der Waals surface area contributed by atoms with E-state index in [0.29, 0.717) is 5.69 Å². The van der Waals surface area contributed by atoms with Crippen molar-refractivity contribution in [2.45, 2.75) is 12.3 Å². The lowest BCUT2D eigenvalue weighted by Crippen LogP contribution is -2.34. The number of hydrogen-bond donors (Lipinski definition) is 2. The number of anilines is 1. The predicted octanol–water partition coefficient (Wildman–Crippen LogP) is 3.09. The zero-order valence-electron chi connectivity index (χ0n) is 14.2. The van der Waals surface area contributed by atoms with Crippen molar-refractivity contribution in [3.63, 3.8) is 0 Å². The van der Waals surface area contributed by atoms with E-state index in [0.717, 1.165) is 17.3 Å². The molecule has 0 spiro atoms. The van der Waals surface area contributed by atoms with Crippen LogP contribution in [0.5, 0.6) is 0 Å². The third kappa shape index (κ3) is 3.42. The topological polar surface area (TPSA) is 71.1 Å². The molecule has 0 bridgehead atoms. The van der Waals surface area contributed by atoms with Crippen LogP contribution in [0.4, 0.5) is 5.69 Å². The Hall–Kier alpha value is -3.21. The van der Waals surface area contributed by atoms with Gasteiger partial charge in [0.15, 0.2) is 0 Å². The third-order valence-corrected chi connectivity index (χ3v) is 4.68. The van der Waals surface area contributed by atoms with Gasteiger partial charge in [0.05, 0.1) is 17.7 Å². The van der Waals surface area contributed by atoms with Gasteiger partial charge in [-0.25, -0.2) is 0 Å². The first kappa shape index (κ1) is 16.3. The minimum atomic E-state index is -0.256. The maximum absolute atomic E-state index is 12.3. The van der Waals surface area contributed by atoms with Crippen LogP contribution in [0, 0.1) is 5.92 Å². The number of rotatable bonds is 5. The Bertz CT molecular complexity index is 950. The molecule has 2 N–H and O–H groups in total. The Morgan fingerprint density at radius 1 is 1.00 bits per heavy atom. The quantitative estimate of drug-likeness (QED) is 0.746. The van der Waals surface area contributed by atoms with E-state index in [1.54, 1.807) is 12.3 Å². The summed E-state index contributed by atoms with van der Waals surface area (Å²) < 4.78 is 0. The van der Waals surface area contributed by atoms with Crippen LogP contribution in [-0.2, 0) is 9.59 Å². The molecule has 2 atom stereocenters. The summed E-state index contributed by atoms with van der Waals surface area (Å²) in [6.07, 6.45) is 2.53. The normalized spacial score (nSPS) is 18.3. The van der Waals surface area contributed by atoms with Gasteiger partial charge in [-0.15, -0.1) is 0 Å². The standard InChI is InChI=1S/C21H19N3O2/c25-19(24-18-10-4-8-15-9-5-11-22-20(15)18)13-23-21(26)17-12-16(17)14-6-2-1-3-7-14/h1-11,16-17H,12-13H2,(H,23,26)(H,24,25). The number of amides is 2. The number of hydrogen-bond acceptors (Lipinski definition) is 3. The molecule has 5 heteroatoms. The number of carbonyl (C=O) groups is 2. The van der Waals surface area contributed by atoms with E-state index in [2.05, 4.69) is 15.6 Å². The molecule has 4 rings (SSSR count). The van der Waals surface area contributed by atoms with Crippen molar-refractivity contribution < 1.29 is 9.59 Å². The van der Waals surface area contributed by atoms with E-state index in [9.17, 15) is 9.59 Å². The van der Waals surface area contributed by atoms with E-state index in [-0.39, 0.29) is 30.2 Å². The molecule has 130 valence electrons. The summed E-state index contributed by atoms with van der Waals surface area (Å²) in [6.45, 7) is -0.0416. The van der Waals surface area contributed by atoms with Gasteiger partial charge in [0.1, 0.15) is 0 Å². The smallest absolute Gasteiger partial charge is 0.243 e. The highest BCUT2D eigenvalue weighted by atomic mass is 16.2. The summed E-state index contributed by atoms with van der Waals surface area (Å²) in [5, 5.41) is 6.52. The summed E-state index contributed by atoms with van der Waals surface area (Å²) in [6, 6.07) is 19.4. The van der Waals surface area contributed by atoms with Gasteiger partial charge in [-0.2, -0.15) is 0 Å². The van der Waals surface area contributed by atoms with Crippen molar-refractivity contribution >= 4 is 28.4 Å². The molecule has 0 saturated heterocycles. The number of fused-ring (bicyclic) bond motifs is 1. The number of carbonyl (C=O) groups excluding carboxylic acids is 2. The Labute approximate surface area is 151 Å². The number of pyridine rings is 1. The van der Waals surface area contributed by atoms with Gasteiger partial charge in [0, 0.05) is 17.5 Å². The molecule has 26 heavy (non-hydrogen) atoms. The fourth-order valence-corrected chi connectivity index (χ4v) is 3.25. The zero-order chi connectivity index (χ0) is 17.9. The highest BCUT2D eigenvalue weighted by molar-refractivity contribution is 6.02. The molecular formula is C21H19N3O2. The third-order valence-electron chi connectivity index (χ3n) is 4.68.